The van der Waals surface area contributed by atoms with Crippen molar-refractivity contribution in [1.29, 1.82) is 0 Å². The van der Waals surface area contributed by atoms with Gasteiger partial charge in [0.25, 0.3) is 11.5 Å². The van der Waals surface area contributed by atoms with Gasteiger partial charge in [-0.1, -0.05) is 19.1 Å². The Morgan fingerprint density at radius 2 is 2.00 bits per heavy atom. The summed E-state index contributed by atoms with van der Waals surface area (Å²) in [7, 11) is 0. The Morgan fingerprint density at radius 3 is 2.72 bits per heavy atom. The summed E-state index contributed by atoms with van der Waals surface area (Å²) in [5.41, 5.74) is 1.82. The van der Waals surface area contributed by atoms with Gasteiger partial charge in [-0.05, 0) is 29.2 Å². The summed E-state index contributed by atoms with van der Waals surface area (Å²) < 4.78 is 9.89. The minimum Gasteiger partial charge on any atom is -0.488 e. The molecule has 1 aromatic heterocycles. The van der Waals surface area contributed by atoms with Gasteiger partial charge in [-0.15, -0.1) is 9.36 Å². The van der Waals surface area contributed by atoms with E-state index in [0.717, 1.165) is 35.2 Å². The van der Waals surface area contributed by atoms with Gasteiger partial charge in [-0.3, -0.25) is 10.1 Å². The summed E-state index contributed by atoms with van der Waals surface area (Å²) in [6.07, 6.45) is 1.45. The summed E-state index contributed by atoms with van der Waals surface area (Å²) in [6.45, 7) is 2.62. The maximum Gasteiger partial charge on any atom is 0.328 e. The van der Waals surface area contributed by atoms with Crippen LogP contribution in [0.25, 0.3) is 11.4 Å². The number of hydrogen-bond donors (Lipinski definition) is 0. The number of fused-ring (bicyclic) bond motifs is 3. The molecule has 0 fully saturated rings. The molecule has 0 saturated heterocycles. The zero-order valence-electron chi connectivity index (χ0n) is 13.8. The normalized spacial score (nSPS) is 12.7. The highest BCUT2D eigenvalue weighted by molar-refractivity contribution is 5.43. The fourth-order valence-corrected chi connectivity index (χ4v) is 3.10. The van der Waals surface area contributed by atoms with Crippen LogP contribution in [0.15, 0.2) is 48.5 Å². The highest BCUT2D eigenvalue weighted by Crippen LogP contribution is 2.24. The Hall–Kier alpha value is -3.22. The van der Waals surface area contributed by atoms with Crippen molar-refractivity contribution >= 4 is 5.69 Å². The first kappa shape index (κ1) is 15.3. The maximum atomic E-state index is 10.9. The Labute approximate surface area is 144 Å². The molecule has 7 heteroatoms. The van der Waals surface area contributed by atoms with Crippen LogP contribution < -0.4 is 9.42 Å². The molecule has 0 amide bonds. The number of hydrogen-bond acceptors (Lipinski definition) is 4. The predicted molar refractivity (Wildman–Crippen MR) is 90.3 cm³/mol. The quantitative estimate of drug-likeness (QED) is 0.418. The second-order valence-corrected chi connectivity index (χ2v) is 5.76. The number of nitrogens with zero attached hydrogens (tertiary/aromatic N) is 4. The number of nitro benzene ring substituents is 1. The van der Waals surface area contributed by atoms with Crippen LogP contribution >= 0.6 is 0 Å². The molecule has 0 spiro atoms. The molecule has 0 unspecified atom stereocenters. The number of para-hydroxylation sites is 2. The van der Waals surface area contributed by atoms with E-state index in [1.165, 1.54) is 12.1 Å². The van der Waals surface area contributed by atoms with Gasteiger partial charge in [0.2, 0.25) is 0 Å². The third-order valence-corrected chi connectivity index (χ3v) is 4.25. The molecule has 2 aromatic carbocycles. The molecular formula is C18H17N4O3+. The number of benzene rings is 2. The third-order valence-electron chi connectivity index (χ3n) is 4.25. The molecule has 1 aliphatic rings. The molecule has 3 aromatic rings. The molecule has 0 saturated carbocycles. The van der Waals surface area contributed by atoms with E-state index in [0.29, 0.717) is 13.0 Å². The van der Waals surface area contributed by atoms with Gasteiger partial charge < -0.3 is 4.74 Å². The Morgan fingerprint density at radius 1 is 1.24 bits per heavy atom. The lowest BCUT2D eigenvalue weighted by molar-refractivity contribution is -0.682. The molecule has 0 aliphatic carbocycles. The van der Waals surface area contributed by atoms with Crippen LogP contribution in [0, 0.1) is 10.1 Å². The summed E-state index contributed by atoms with van der Waals surface area (Å²) in [4.78, 5) is 15.3. The van der Waals surface area contributed by atoms with E-state index in [2.05, 4.69) is 0 Å². The van der Waals surface area contributed by atoms with Crippen molar-refractivity contribution in [2.75, 3.05) is 6.61 Å². The molecule has 25 heavy (non-hydrogen) atoms. The van der Waals surface area contributed by atoms with Gasteiger partial charge in [0.15, 0.2) is 11.4 Å². The minimum atomic E-state index is -0.394. The predicted octanol–water partition coefficient (Wildman–Crippen LogP) is 2.55. The average Bonchev–Trinajstić information content (AvgIpc) is 2.91. The fourth-order valence-electron chi connectivity index (χ4n) is 3.10. The average molecular weight is 337 g/mol. The minimum absolute atomic E-state index is 0.0711. The molecular weight excluding hydrogens is 320 g/mol. The van der Waals surface area contributed by atoms with E-state index in [4.69, 9.17) is 9.72 Å². The van der Waals surface area contributed by atoms with Gasteiger partial charge in [0.05, 0.1) is 17.0 Å². The number of aryl methyl sites for hydroxylation is 1. The zero-order chi connectivity index (χ0) is 17.4. The van der Waals surface area contributed by atoms with Crippen LogP contribution in [0.3, 0.4) is 0 Å². The number of ether oxygens (including phenoxy) is 1. The van der Waals surface area contributed by atoms with Crippen molar-refractivity contribution in [2.24, 2.45) is 0 Å². The van der Waals surface area contributed by atoms with Crippen molar-refractivity contribution in [3.63, 3.8) is 0 Å². The number of aromatic nitrogens is 3. The first-order valence-electron chi connectivity index (χ1n) is 8.19. The molecule has 0 bridgehead atoms. The summed E-state index contributed by atoms with van der Waals surface area (Å²) in [5.74, 6) is 2.62. The summed E-state index contributed by atoms with van der Waals surface area (Å²) >= 11 is 0. The van der Waals surface area contributed by atoms with E-state index in [9.17, 15) is 10.1 Å². The van der Waals surface area contributed by atoms with Crippen LogP contribution in [-0.2, 0) is 12.8 Å². The second-order valence-electron chi connectivity index (χ2n) is 5.76. The van der Waals surface area contributed by atoms with Crippen LogP contribution in [0.4, 0.5) is 5.69 Å². The zero-order valence-corrected chi connectivity index (χ0v) is 13.8. The molecule has 0 atom stereocenters. The molecule has 0 N–H and O–H groups in total. The molecule has 2 heterocycles. The van der Waals surface area contributed by atoms with Gasteiger partial charge in [-0.2, -0.15) is 0 Å². The van der Waals surface area contributed by atoms with E-state index in [1.54, 1.807) is 12.1 Å². The monoisotopic (exact) mass is 337 g/mol. The van der Waals surface area contributed by atoms with E-state index in [1.807, 2.05) is 40.6 Å². The van der Waals surface area contributed by atoms with E-state index in [-0.39, 0.29) is 5.69 Å². The Balaban J connectivity index is 1.95. The number of nitro groups is 1. The number of rotatable bonds is 3. The number of non-ortho nitro benzene ring substituents is 1. The lowest BCUT2D eigenvalue weighted by Gasteiger charge is -2.09. The summed E-state index contributed by atoms with van der Waals surface area (Å²) in [6, 6.07) is 14.4. The topological polar surface area (TPSA) is 74.1 Å². The molecule has 7 nitrogen and oxygen atoms in total. The van der Waals surface area contributed by atoms with Crippen molar-refractivity contribution in [2.45, 2.75) is 19.8 Å². The fraction of sp³-hybridized carbons (Fsp3) is 0.222. The Bertz CT molecular complexity index is 947. The molecule has 0 radical (unpaired) electrons. The van der Waals surface area contributed by atoms with Gasteiger partial charge in [0, 0.05) is 18.6 Å². The smallest absolute Gasteiger partial charge is 0.328 e. The van der Waals surface area contributed by atoms with Crippen LogP contribution in [0.5, 0.6) is 5.75 Å². The van der Waals surface area contributed by atoms with Crippen LogP contribution in [0.1, 0.15) is 18.6 Å². The van der Waals surface area contributed by atoms with Gasteiger partial charge in [-0.25, -0.2) is 0 Å². The van der Waals surface area contributed by atoms with Crippen molar-refractivity contribution in [3.05, 3.63) is 70.3 Å². The Kier molecular flexibility index (Phi) is 3.68. The van der Waals surface area contributed by atoms with Gasteiger partial charge in [0.1, 0.15) is 6.61 Å². The van der Waals surface area contributed by atoms with Crippen molar-refractivity contribution in [3.8, 4) is 17.1 Å². The molecule has 4 rings (SSSR count). The standard InChI is InChI=1S/C18H17N4O3/c1-2-17-19-18-11-12-25-16-6-4-3-5-15(16)21(18)20(17)13-7-9-14(10-8-13)22(23)24/h3-10H,2,11-12H2,1H3/q+1. The van der Waals surface area contributed by atoms with Crippen molar-refractivity contribution in [1.82, 2.24) is 9.67 Å². The first-order valence-corrected chi connectivity index (χ1v) is 8.19. The SMILES string of the molecule is CCc1nc2[n+](n1-c1ccc([N+](=O)[O-])cc1)-c1ccccc1OCC2. The summed E-state index contributed by atoms with van der Waals surface area (Å²) in [5, 5.41) is 10.9. The van der Waals surface area contributed by atoms with E-state index < -0.39 is 4.92 Å². The molecule has 1 aliphatic heterocycles. The largest absolute Gasteiger partial charge is 0.488 e. The van der Waals surface area contributed by atoms with E-state index >= 15 is 0 Å². The second kappa shape index (κ2) is 6.01. The van der Waals surface area contributed by atoms with Crippen LogP contribution in [0.2, 0.25) is 0 Å². The highest BCUT2D eigenvalue weighted by Gasteiger charge is 2.31. The van der Waals surface area contributed by atoms with Crippen molar-refractivity contribution < 1.29 is 14.3 Å². The van der Waals surface area contributed by atoms with Gasteiger partial charge >= 0.3 is 5.82 Å². The lowest BCUT2D eigenvalue weighted by Crippen LogP contribution is -2.43. The highest BCUT2D eigenvalue weighted by atomic mass is 16.6. The third kappa shape index (κ3) is 2.53. The maximum absolute atomic E-state index is 10.9. The molecule has 126 valence electrons. The first-order chi connectivity index (χ1) is 12.2. The lowest BCUT2D eigenvalue weighted by atomic mass is 10.2. The van der Waals surface area contributed by atoms with Crippen LogP contribution in [-0.4, -0.2) is 21.2 Å².